The fourth-order valence-electron chi connectivity index (χ4n) is 6.77. The van der Waals surface area contributed by atoms with Gasteiger partial charge in [0, 0.05) is 68.1 Å². The van der Waals surface area contributed by atoms with Gasteiger partial charge in [0.2, 0.25) is 5.95 Å². The molecule has 39 heavy (non-hydrogen) atoms. The highest BCUT2D eigenvalue weighted by Gasteiger charge is 2.36. The van der Waals surface area contributed by atoms with E-state index in [-0.39, 0.29) is 22.9 Å². The largest absolute Gasteiger partial charge is 0.489 e. The van der Waals surface area contributed by atoms with Crippen LogP contribution < -0.4 is 25.8 Å². The lowest BCUT2D eigenvalue weighted by molar-refractivity contribution is 0.0991. The van der Waals surface area contributed by atoms with Gasteiger partial charge in [0.05, 0.1) is 17.3 Å². The Labute approximate surface area is 227 Å². The lowest BCUT2D eigenvalue weighted by atomic mass is 10.0. The molecule has 3 fully saturated rings. The molecule has 7 rings (SSSR count). The molecule has 1 saturated carbocycles. The van der Waals surface area contributed by atoms with Crippen molar-refractivity contribution in [2.75, 3.05) is 49.5 Å². The molecule has 1 atom stereocenters. The number of nitrogens with zero attached hydrogens (tertiary/aromatic N) is 5. The first-order valence-electron chi connectivity index (χ1n) is 14.2. The van der Waals surface area contributed by atoms with Crippen LogP contribution >= 0.6 is 0 Å². The Balaban J connectivity index is 1.18. The molecule has 3 aromatic rings. The number of carbonyl (C=O) groups excluding carboxylic acids is 1. The molecule has 1 aliphatic carbocycles. The molecule has 0 unspecified atom stereocenters. The zero-order valence-corrected chi connectivity index (χ0v) is 22.6. The highest BCUT2D eigenvalue weighted by molar-refractivity contribution is 5.99. The summed E-state index contributed by atoms with van der Waals surface area (Å²) in [6, 6.07) is 7.23. The van der Waals surface area contributed by atoms with Crippen molar-refractivity contribution in [3.05, 3.63) is 45.9 Å². The van der Waals surface area contributed by atoms with E-state index in [1.54, 1.807) is 10.8 Å². The van der Waals surface area contributed by atoms with Crippen LogP contribution in [0, 0.1) is 6.92 Å². The van der Waals surface area contributed by atoms with Crippen LogP contribution in [0.4, 0.5) is 17.3 Å². The van der Waals surface area contributed by atoms with Crippen LogP contribution in [0.15, 0.2) is 29.2 Å². The van der Waals surface area contributed by atoms with Crippen molar-refractivity contribution in [2.45, 2.75) is 57.7 Å². The second-order valence-corrected chi connectivity index (χ2v) is 11.4. The van der Waals surface area contributed by atoms with Crippen LogP contribution in [-0.4, -0.2) is 76.6 Å². The number of aromatic nitrogens is 3. The molecule has 2 aromatic heterocycles. The number of nitrogens with one attached hydrogen (secondary N) is 2. The summed E-state index contributed by atoms with van der Waals surface area (Å²) in [6.07, 6.45) is 5.70. The molecule has 5 heterocycles. The van der Waals surface area contributed by atoms with Gasteiger partial charge in [0.1, 0.15) is 18.0 Å². The summed E-state index contributed by atoms with van der Waals surface area (Å²) in [5.74, 6) is 1.06. The monoisotopic (exact) mass is 529 g/mol. The third-order valence-corrected chi connectivity index (χ3v) is 9.00. The summed E-state index contributed by atoms with van der Waals surface area (Å²) in [7, 11) is 0. The Morgan fingerprint density at radius 3 is 2.69 bits per heavy atom. The van der Waals surface area contributed by atoms with E-state index in [2.05, 4.69) is 31.5 Å². The van der Waals surface area contributed by atoms with E-state index < -0.39 is 0 Å². The van der Waals surface area contributed by atoms with Crippen molar-refractivity contribution in [3.63, 3.8) is 0 Å². The number of pyridine rings is 1. The van der Waals surface area contributed by atoms with Crippen LogP contribution in [0.3, 0.4) is 0 Å². The van der Waals surface area contributed by atoms with E-state index in [4.69, 9.17) is 9.72 Å². The minimum absolute atomic E-state index is 0.0487. The molecule has 2 N–H and O–H groups in total. The maximum absolute atomic E-state index is 13.5. The fraction of sp³-hybridized carbons (Fsp3) is 0.517. The van der Waals surface area contributed by atoms with Crippen LogP contribution in [0.1, 0.15) is 54.6 Å². The summed E-state index contributed by atoms with van der Waals surface area (Å²) < 4.78 is 7.98. The molecule has 0 amide bonds. The molecule has 0 radical (unpaired) electrons. The quantitative estimate of drug-likeness (QED) is 0.483. The number of hydrogen-bond acceptors (Lipinski definition) is 9. The van der Waals surface area contributed by atoms with Crippen LogP contribution in [-0.2, 0) is 0 Å². The Morgan fingerprint density at radius 1 is 1.13 bits per heavy atom. The number of anilines is 3. The second kappa shape index (κ2) is 9.60. The van der Waals surface area contributed by atoms with E-state index in [0.717, 1.165) is 80.9 Å². The third kappa shape index (κ3) is 4.17. The first-order chi connectivity index (χ1) is 19.0. The lowest BCUT2D eigenvalue weighted by Gasteiger charge is -2.49. The molecule has 3 aliphatic heterocycles. The van der Waals surface area contributed by atoms with E-state index in [1.807, 2.05) is 19.1 Å². The number of benzene rings is 1. The van der Waals surface area contributed by atoms with Crippen molar-refractivity contribution < 1.29 is 9.53 Å². The number of piperazine rings is 1. The number of fused-ring (bicyclic) bond motifs is 4. The first kappa shape index (κ1) is 24.5. The Morgan fingerprint density at radius 2 is 1.95 bits per heavy atom. The summed E-state index contributed by atoms with van der Waals surface area (Å²) >= 11 is 0. The highest BCUT2D eigenvalue weighted by atomic mass is 16.5. The van der Waals surface area contributed by atoms with Gasteiger partial charge in [-0.05, 0) is 44.4 Å². The van der Waals surface area contributed by atoms with E-state index in [1.165, 1.54) is 6.92 Å². The zero-order valence-electron chi connectivity index (χ0n) is 22.6. The molecule has 2 saturated heterocycles. The molecular formula is C29H35N7O3. The number of ketones is 1. The number of aryl methyl sites for hydroxylation is 1. The Bertz CT molecular complexity index is 1510. The molecule has 10 heteroatoms. The normalized spacial score (nSPS) is 21.8. The van der Waals surface area contributed by atoms with Gasteiger partial charge in [-0.2, -0.15) is 4.98 Å². The molecule has 10 nitrogen and oxygen atoms in total. The predicted molar refractivity (Wildman–Crippen MR) is 151 cm³/mol. The molecule has 0 spiro atoms. The van der Waals surface area contributed by atoms with Crippen molar-refractivity contribution in [1.82, 2.24) is 24.8 Å². The number of carbonyl (C=O) groups is 1. The Hall–Kier alpha value is -3.50. The van der Waals surface area contributed by atoms with Gasteiger partial charge in [-0.25, -0.2) is 4.98 Å². The van der Waals surface area contributed by atoms with Gasteiger partial charge in [0.15, 0.2) is 5.78 Å². The van der Waals surface area contributed by atoms with Gasteiger partial charge in [-0.3, -0.25) is 19.1 Å². The average molecular weight is 530 g/mol. The van der Waals surface area contributed by atoms with Crippen molar-refractivity contribution in [1.29, 1.82) is 0 Å². The number of rotatable bonds is 5. The fourth-order valence-corrected chi connectivity index (χ4v) is 6.77. The zero-order chi connectivity index (χ0) is 26.7. The Kier molecular flexibility index (Phi) is 6.04. The smallest absolute Gasteiger partial charge is 0.263 e. The standard InChI is InChI=1S/C29H35N7O3/c1-17-23-14-31-29(33-27(23)36(20-5-3-4-6-20)28(38)26(17)18(2)37)32-19-7-8-24-25(11-19)39-16-22-15-34(9-10-35(22)24)21-12-30-13-21/h7-8,11,14,20-22,30H,3-6,9-10,12-13,15-16H2,1-2H3,(H,31,32,33)/t22-/m1/s1. The van der Waals surface area contributed by atoms with E-state index in [0.29, 0.717) is 35.8 Å². The van der Waals surface area contributed by atoms with Gasteiger partial charge < -0.3 is 20.3 Å². The van der Waals surface area contributed by atoms with Crippen molar-refractivity contribution in [3.8, 4) is 5.75 Å². The SMILES string of the molecule is CC(=O)c1c(C)c2cnc(Nc3ccc4c(c3)OC[C@H]3CN(C5CNC5)CCN43)nc2n(C2CCCC2)c1=O. The molecule has 1 aromatic carbocycles. The number of ether oxygens (including phenoxy) is 1. The summed E-state index contributed by atoms with van der Waals surface area (Å²) in [5, 5.41) is 7.45. The number of Topliss-reactive ketones (excluding diaryl/α,β-unsaturated/α-hetero) is 1. The summed E-state index contributed by atoms with van der Waals surface area (Å²) in [5.41, 5.74) is 3.20. The van der Waals surface area contributed by atoms with Crippen molar-refractivity contribution >= 4 is 34.1 Å². The van der Waals surface area contributed by atoms with Gasteiger partial charge in [-0.1, -0.05) is 12.8 Å². The average Bonchev–Trinajstić information content (AvgIpc) is 3.41. The first-order valence-corrected chi connectivity index (χ1v) is 14.2. The van der Waals surface area contributed by atoms with E-state index >= 15 is 0 Å². The summed E-state index contributed by atoms with van der Waals surface area (Å²) in [6.45, 7) is 9.22. The van der Waals surface area contributed by atoms with Gasteiger partial charge >= 0.3 is 0 Å². The summed E-state index contributed by atoms with van der Waals surface area (Å²) in [4.78, 5) is 40.3. The molecular weight excluding hydrogens is 494 g/mol. The van der Waals surface area contributed by atoms with Crippen molar-refractivity contribution in [2.24, 2.45) is 0 Å². The van der Waals surface area contributed by atoms with E-state index in [9.17, 15) is 9.59 Å². The van der Waals surface area contributed by atoms with Gasteiger partial charge in [0.25, 0.3) is 5.56 Å². The topological polar surface area (TPSA) is 105 Å². The molecule has 0 bridgehead atoms. The maximum atomic E-state index is 13.5. The minimum Gasteiger partial charge on any atom is -0.489 e. The second-order valence-electron chi connectivity index (χ2n) is 11.4. The van der Waals surface area contributed by atoms with Crippen LogP contribution in [0.5, 0.6) is 5.75 Å². The highest BCUT2D eigenvalue weighted by Crippen LogP contribution is 2.38. The van der Waals surface area contributed by atoms with Crippen LogP contribution in [0.25, 0.3) is 11.0 Å². The molecule has 4 aliphatic rings. The number of hydrogen-bond donors (Lipinski definition) is 2. The third-order valence-electron chi connectivity index (χ3n) is 9.00. The molecule has 204 valence electrons. The van der Waals surface area contributed by atoms with Gasteiger partial charge in [-0.15, -0.1) is 0 Å². The lowest BCUT2D eigenvalue weighted by Crippen LogP contribution is -2.65. The maximum Gasteiger partial charge on any atom is 0.263 e. The minimum atomic E-state index is -0.241. The van der Waals surface area contributed by atoms with Crippen LogP contribution in [0.2, 0.25) is 0 Å². The predicted octanol–water partition coefficient (Wildman–Crippen LogP) is 3.02.